The van der Waals surface area contributed by atoms with Gasteiger partial charge in [0.05, 0.1) is 25.2 Å². The van der Waals surface area contributed by atoms with Gasteiger partial charge in [-0.15, -0.1) is 0 Å². The van der Waals surface area contributed by atoms with E-state index in [4.69, 9.17) is 14.6 Å². The summed E-state index contributed by atoms with van der Waals surface area (Å²) >= 11 is 0. The molecular weight excluding hydrogens is 452 g/mol. The SMILES string of the molecule is CO[C@@H]1[C@H](O)[C@@H](COS(N)(=O)=O)O[C@H]1n1cnc2cnc(N[C@H]3CCc4ccccc43)nc21. The van der Waals surface area contributed by atoms with Crippen molar-refractivity contribution in [1.29, 1.82) is 0 Å². The molecule has 1 aliphatic heterocycles. The van der Waals surface area contributed by atoms with Crippen LogP contribution in [-0.2, 0) is 30.4 Å². The lowest BCUT2D eigenvalue weighted by Crippen LogP contribution is -2.36. The van der Waals surface area contributed by atoms with E-state index in [0.29, 0.717) is 17.1 Å². The zero-order chi connectivity index (χ0) is 23.2. The van der Waals surface area contributed by atoms with Gasteiger partial charge in [0.15, 0.2) is 11.9 Å². The maximum Gasteiger partial charge on any atom is 0.333 e. The van der Waals surface area contributed by atoms with Crippen LogP contribution in [0.4, 0.5) is 5.95 Å². The number of hydrogen-bond donors (Lipinski definition) is 3. The third-order valence-corrected chi connectivity index (χ3v) is 6.47. The smallest absolute Gasteiger partial charge is 0.333 e. The van der Waals surface area contributed by atoms with Gasteiger partial charge >= 0.3 is 10.3 Å². The molecule has 3 heterocycles. The Morgan fingerprint density at radius 2 is 2.15 bits per heavy atom. The third kappa shape index (κ3) is 4.30. The molecule has 0 saturated carbocycles. The molecule has 2 aliphatic rings. The molecule has 1 aliphatic carbocycles. The van der Waals surface area contributed by atoms with Crippen LogP contribution in [0, 0.1) is 0 Å². The molecule has 12 nitrogen and oxygen atoms in total. The van der Waals surface area contributed by atoms with E-state index in [1.54, 1.807) is 10.8 Å². The van der Waals surface area contributed by atoms with Gasteiger partial charge < -0.3 is 19.9 Å². The number of benzene rings is 1. The fraction of sp³-hybridized carbons (Fsp3) is 0.450. The number of aliphatic hydroxyl groups excluding tert-OH is 1. The van der Waals surface area contributed by atoms with Crippen LogP contribution in [0.3, 0.4) is 0 Å². The van der Waals surface area contributed by atoms with Crippen molar-refractivity contribution in [2.45, 2.75) is 43.4 Å². The lowest BCUT2D eigenvalue weighted by Gasteiger charge is -2.20. The number of imidazole rings is 1. The van der Waals surface area contributed by atoms with Crippen LogP contribution >= 0.6 is 0 Å². The largest absolute Gasteiger partial charge is 0.387 e. The molecule has 2 aromatic heterocycles. The van der Waals surface area contributed by atoms with Crippen LogP contribution in [0.2, 0.25) is 0 Å². The van der Waals surface area contributed by atoms with E-state index in [1.807, 2.05) is 12.1 Å². The van der Waals surface area contributed by atoms with Gasteiger partial charge in [0.1, 0.15) is 23.8 Å². The van der Waals surface area contributed by atoms with Gasteiger partial charge in [-0.05, 0) is 24.0 Å². The maximum atomic E-state index is 11.1. The molecule has 0 amide bonds. The van der Waals surface area contributed by atoms with E-state index in [-0.39, 0.29) is 6.04 Å². The van der Waals surface area contributed by atoms with Gasteiger partial charge in [-0.1, -0.05) is 24.3 Å². The van der Waals surface area contributed by atoms with Crippen molar-refractivity contribution < 1.29 is 27.2 Å². The second-order valence-electron chi connectivity index (χ2n) is 8.02. The minimum atomic E-state index is -4.18. The van der Waals surface area contributed by atoms with Gasteiger partial charge in [0, 0.05) is 7.11 Å². The summed E-state index contributed by atoms with van der Waals surface area (Å²) in [5.41, 5.74) is 3.55. The number of aryl methyl sites for hydroxylation is 1. The zero-order valence-corrected chi connectivity index (χ0v) is 18.6. The molecule has 13 heteroatoms. The summed E-state index contributed by atoms with van der Waals surface area (Å²) in [6, 6.07) is 8.38. The first-order valence-electron chi connectivity index (χ1n) is 10.4. The summed E-state index contributed by atoms with van der Waals surface area (Å²) in [4.78, 5) is 13.3. The normalized spacial score (nSPS) is 27.2. The van der Waals surface area contributed by atoms with Crippen molar-refractivity contribution in [3.8, 4) is 0 Å². The van der Waals surface area contributed by atoms with E-state index >= 15 is 0 Å². The molecule has 1 fully saturated rings. The van der Waals surface area contributed by atoms with E-state index < -0.39 is 41.5 Å². The Balaban J connectivity index is 1.40. The Kier molecular flexibility index (Phi) is 5.76. The van der Waals surface area contributed by atoms with Gasteiger partial charge in [-0.25, -0.2) is 15.1 Å². The Morgan fingerprint density at radius 3 is 2.94 bits per heavy atom. The van der Waals surface area contributed by atoms with E-state index in [0.717, 1.165) is 12.8 Å². The summed E-state index contributed by atoms with van der Waals surface area (Å²) in [5, 5.41) is 18.9. The van der Waals surface area contributed by atoms with Crippen LogP contribution in [-0.4, -0.2) is 65.1 Å². The van der Waals surface area contributed by atoms with Crippen LogP contribution < -0.4 is 10.5 Å². The van der Waals surface area contributed by atoms with Gasteiger partial charge in [-0.3, -0.25) is 8.75 Å². The molecule has 0 spiro atoms. The fourth-order valence-electron chi connectivity index (χ4n) is 4.44. The van der Waals surface area contributed by atoms with E-state index in [1.165, 1.54) is 24.6 Å². The molecule has 4 N–H and O–H groups in total. The van der Waals surface area contributed by atoms with E-state index in [2.05, 4.69) is 36.6 Å². The topological polar surface area (TPSA) is 164 Å². The van der Waals surface area contributed by atoms with Gasteiger partial charge in [0.2, 0.25) is 5.95 Å². The fourth-order valence-corrected chi connectivity index (χ4v) is 4.77. The predicted molar refractivity (Wildman–Crippen MR) is 116 cm³/mol. The molecule has 5 rings (SSSR count). The minimum Gasteiger partial charge on any atom is -0.387 e. The number of fused-ring (bicyclic) bond motifs is 2. The second kappa shape index (κ2) is 8.59. The first-order chi connectivity index (χ1) is 15.8. The number of rotatable bonds is 7. The highest BCUT2D eigenvalue weighted by Gasteiger charge is 2.46. The maximum absolute atomic E-state index is 11.1. The first-order valence-corrected chi connectivity index (χ1v) is 11.9. The number of nitrogens with two attached hydrogens (primary N) is 1. The Bertz CT molecular complexity index is 1270. The highest BCUT2D eigenvalue weighted by molar-refractivity contribution is 7.84. The summed E-state index contributed by atoms with van der Waals surface area (Å²) in [7, 11) is -2.76. The average Bonchev–Trinajstić information content (AvgIpc) is 3.47. The number of aliphatic hydroxyl groups is 1. The summed E-state index contributed by atoms with van der Waals surface area (Å²) in [6.07, 6.45) is 1.27. The zero-order valence-electron chi connectivity index (χ0n) is 17.7. The van der Waals surface area contributed by atoms with Crippen molar-refractivity contribution >= 4 is 27.4 Å². The highest BCUT2D eigenvalue weighted by atomic mass is 32.2. The number of methoxy groups -OCH3 is 1. The highest BCUT2D eigenvalue weighted by Crippen LogP contribution is 2.35. The number of ether oxygens (including phenoxy) is 2. The molecule has 0 unspecified atom stereocenters. The molecule has 33 heavy (non-hydrogen) atoms. The Morgan fingerprint density at radius 1 is 1.33 bits per heavy atom. The summed E-state index contributed by atoms with van der Waals surface area (Å²) in [6.45, 7) is -0.453. The van der Waals surface area contributed by atoms with Crippen LogP contribution in [0.15, 0.2) is 36.8 Å². The van der Waals surface area contributed by atoms with Crippen molar-refractivity contribution in [2.24, 2.45) is 5.14 Å². The van der Waals surface area contributed by atoms with Gasteiger partial charge in [-0.2, -0.15) is 13.4 Å². The van der Waals surface area contributed by atoms with Crippen LogP contribution in [0.5, 0.6) is 0 Å². The van der Waals surface area contributed by atoms with Crippen molar-refractivity contribution in [3.63, 3.8) is 0 Å². The quantitative estimate of drug-likeness (QED) is 0.435. The number of nitrogens with one attached hydrogen (secondary N) is 1. The molecule has 3 aromatic rings. The third-order valence-electron chi connectivity index (χ3n) is 6.01. The predicted octanol–water partition coefficient (Wildman–Crippen LogP) is 0.419. The monoisotopic (exact) mass is 476 g/mol. The van der Waals surface area contributed by atoms with Crippen LogP contribution in [0.1, 0.15) is 29.8 Å². The molecule has 0 bridgehead atoms. The minimum absolute atomic E-state index is 0.103. The lowest BCUT2D eigenvalue weighted by atomic mass is 10.1. The van der Waals surface area contributed by atoms with Crippen molar-refractivity contribution in [3.05, 3.63) is 47.9 Å². The number of hydrogen-bond acceptors (Lipinski definition) is 10. The Hall–Kier alpha value is -2.68. The van der Waals surface area contributed by atoms with Crippen LogP contribution in [0.25, 0.3) is 11.2 Å². The summed E-state index contributed by atoms with van der Waals surface area (Å²) in [5.74, 6) is 0.438. The standard InChI is InChI=1S/C20H24N6O6S/c1-30-17-16(27)15(9-31-33(21,28)29)32-19(17)26-10-23-14-8-22-20(25-18(14)26)24-13-7-6-11-4-2-3-5-12(11)13/h2-5,8,10,13,15-17,19,27H,6-7,9H2,1H3,(H2,21,28,29)(H,22,24,25)/t13-,15+,16+,17+,19+/m0/s1. The number of nitrogens with zero attached hydrogens (tertiary/aromatic N) is 4. The second-order valence-corrected chi connectivity index (χ2v) is 9.24. The van der Waals surface area contributed by atoms with E-state index in [9.17, 15) is 13.5 Å². The van der Waals surface area contributed by atoms with Gasteiger partial charge in [0.25, 0.3) is 0 Å². The van der Waals surface area contributed by atoms with Crippen molar-refractivity contribution in [2.75, 3.05) is 19.0 Å². The molecule has 5 atom stereocenters. The van der Waals surface area contributed by atoms with Crippen molar-refractivity contribution in [1.82, 2.24) is 19.5 Å². The average molecular weight is 477 g/mol. The molecule has 1 aromatic carbocycles. The number of aromatic nitrogens is 4. The molecule has 1 saturated heterocycles. The summed E-state index contributed by atoms with van der Waals surface area (Å²) < 4.78 is 39.8. The number of anilines is 1. The molecular formula is C20H24N6O6S. The molecule has 176 valence electrons. The molecule has 0 radical (unpaired) electrons. The first kappa shape index (κ1) is 22.1. The Labute approximate surface area is 190 Å². The lowest BCUT2D eigenvalue weighted by molar-refractivity contribution is -0.0556.